The summed E-state index contributed by atoms with van der Waals surface area (Å²) in [6.45, 7) is 0. The van der Waals surface area contributed by atoms with Gasteiger partial charge in [0.2, 0.25) is 0 Å². The molecule has 0 amide bonds. The van der Waals surface area contributed by atoms with Gasteiger partial charge in [-0.3, -0.25) is 4.79 Å². The first kappa shape index (κ1) is 8.37. The molecule has 84 valence electrons. The van der Waals surface area contributed by atoms with Crippen LogP contribution in [0.3, 0.4) is 0 Å². The second-order valence-corrected chi connectivity index (χ2v) is 6.45. The lowest BCUT2D eigenvalue weighted by molar-refractivity contribution is -0.223. The first-order valence-corrected chi connectivity index (χ1v) is 6.79. The maximum atomic E-state index is 11.9. The molecular weight excluding hydrogens is 200 g/mol. The minimum Gasteiger partial charge on any atom is -0.299 e. The zero-order chi connectivity index (χ0) is 10.4. The van der Waals surface area contributed by atoms with E-state index in [1.165, 1.54) is 19.3 Å². The molecule has 2 heterocycles. The fraction of sp³-hybridized carbons (Fsp3) is 0.923. The van der Waals surface area contributed by atoms with Crippen LogP contribution in [0.2, 0.25) is 0 Å². The molecule has 0 aromatic heterocycles. The number of carbonyl (C=O) groups excluding carboxylic acids is 1. The minimum atomic E-state index is 0.459. The Hall–Kier alpha value is -0.730. The van der Waals surface area contributed by atoms with Gasteiger partial charge in [0.25, 0.3) is 0 Å². The highest BCUT2D eigenvalue weighted by atomic mass is 16.1. The zero-order valence-corrected chi connectivity index (χ0v) is 9.25. The number of fused-ring (bicyclic) bond motifs is 5. The molecular formula is C13H16N2O. The van der Waals surface area contributed by atoms with Gasteiger partial charge in [-0.25, -0.2) is 0 Å². The molecule has 16 heavy (non-hydrogen) atoms. The molecule has 3 nitrogen and oxygen atoms in total. The van der Waals surface area contributed by atoms with E-state index in [4.69, 9.17) is 0 Å². The summed E-state index contributed by atoms with van der Waals surface area (Å²) in [4.78, 5) is 11.9. The van der Waals surface area contributed by atoms with Crippen LogP contribution >= 0.6 is 0 Å². The maximum Gasteiger partial charge on any atom is 0.136 e. The molecule has 0 aromatic rings. The van der Waals surface area contributed by atoms with Gasteiger partial charge >= 0.3 is 0 Å². The van der Waals surface area contributed by atoms with Crippen molar-refractivity contribution in [1.29, 1.82) is 0 Å². The molecule has 4 aliphatic carbocycles. The van der Waals surface area contributed by atoms with E-state index < -0.39 is 0 Å². The average molecular weight is 216 g/mol. The largest absolute Gasteiger partial charge is 0.299 e. The first-order chi connectivity index (χ1) is 7.86. The van der Waals surface area contributed by atoms with E-state index in [1.54, 1.807) is 0 Å². The lowest BCUT2D eigenvalue weighted by atomic mass is 9.34. The minimum absolute atomic E-state index is 0.459. The fourth-order valence-electron chi connectivity index (χ4n) is 5.80. The Morgan fingerprint density at radius 2 is 1.56 bits per heavy atom. The Kier molecular flexibility index (Phi) is 1.26. The molecule has 0 aromatic carbocycles. The summed E-state index contributed by atoms with van der Waals surface area (Å²) in [5, 5.41) is 8.92. The highest BCUT2D eigenvalue weighted by Crippen LogP contribution is 2.72. The van der Waals surface area contributed by atoms with Crippen molar-refractivity contribution in [2.45, 2.75) is 37.8 Å². The predicted octanol–water partition coefficient (Wildman–Crippen LogP) is 2.07. The van der Waals surface area contributed by atoms with E-state index in [1.807, 2.05) is 0 Å². The zero-order valence-electron chi connectivity index (χ0n) is 9.25. The summed E-state index contributed by atoms with van der Waals surface area (Å²) in [5.74, 6) is 4.97. The third kappa shape index (κ3) is 0.678. The summed E-state index contributed by atoms with van der Waals surface area (Å²) in [6, 6.07) is 1.03. The third-order valence-corrected chi connectivity index (χ3v) is 6.25. The summed E-state index contributed by atoms with van der Waals surface area (Å²) in [7, 11) is 0. The van der Waals surface area contributed by atoms with Gasteiger partial charge in [-0.15, -0.1) is 0 Å². The molecule has 8 atom stereocenters. The van der Waals surface area contributed by atoms with Gasteiger partial charge in [0.05, 0.1) is 12.1 Å². The van der Waals surface area contributed by atoms with Crippen LogP contribution in [-0.2, 0) is 4.79 Å². The molecule has 0 radical (unpaired) electrons. The van der Waals surface area contributed by atoms with E-state index in [0.29, 0.717) is 23.8 Å². The summed E-state index contributed by atoms with van der Waals surface area (Å²) >= 11 is 0. The number of Topliss-reactive ketones (excluding diaryl/α,β-unsaturated/α-hetero) is 1. The van der Waals surface area contributed by atoms with Crippen molar-refractivity contribution in [3.05, 3.63) is 0 Å². The molecule has 0 unspecified atom stereocenters. The van der Waals surface area contributed by atoms with E-state index in [2.05, 4.69) is 10.2 Å². The van der Waals surface area contributed by atoms with E-state index in [0.717, 1.165) is 36.0 Å². The number of carbonyl (C=O) groups is 1. The lowest BCUT2D eigenvalue weighted by Crippen LogP contribution is -2.71. The molecule has 4 fully saturated rings. The van der Waals surface area contributed by atoms with E-state index in [-0.39, 0.29) is 0 Å². The molecule has 6 aliphatic rings. The molecule has 2 aliphatic heterocycles. The van der Waals surface area contributed by atoms with Gasteiger partial charge in [0, 0.05) is 12.3 Å². The second-order valence-electron chi connectivity index (χ2n) is 6.45. The summed E-state index contributed by atoms with van der Waals surface area (Å²) in [5.41, 5.74) is 0. The number of rotatable bonds is 0. The standard InChI is InChI=1S/C13H16N2O/c16-8-4-1-5-9(8)13-10(5)11-6-2-3-7(12(11)13)15-14-6/h5-7,9-13H,1-4H2/t5-,6-,7+,9-,10-,11-,12-,13-/m0/s1. The van der Waals surface area contributed by atoms with Crippen LogP contribution in [-0.4, -0.2) is 17.9 Å². The number of ketones is 1. The van der Waals surface area contributed by atoms with Crippen LogP contribution in [0.5, 0.6) is 0 Å². The Balaban J connectivity index is 1.55. The van der Waals surface area contributed by atoms with Crippen LogP contribution in [0.1, 0.15) is 25.7 Å². The molecule has 3 heteroatoms. The third-order valence-electron chi connectivity index (χ3n) is 6.25. The van der Waals surface area contributed by atoms with Crippen LogP contribution in [0.25, 0.3) is 0 Å². The molecule has 0 spiro atoms. The van der Waals surface area contributed by atoms with Gasteiger partial charge in [-0.2, -0.15) is 10.2 Å². The van der Waals surface area contributed by atoms with Gasteiger partial charge in [0.15, 0.2) is 0 Å². The number of nitrogens with zero attached hydrogens (tertiary/aromatic N) is 2. The first-order valence-electron chi connectivity index (χ1n) is 6.79. The highest BCUT2D eigenvalue weighted by Gasteiger charge is 2.73. The SMILES string of the molecule is O=C1CC[C@H]2[C@@H]1[C@H]1[C@@H]2[C@H]2[C@@H]1[C@H]1CC[C@@H]2N=N1. The molecule has 0 N–H and O–H groups in total. The van der Waals surface area contributed by atoms with Crippen molar-refractivity contribution < 1.29 is 4.79 Å². The Morgan fingerprint density at radius 1 is 0.875 bits per heavy atom. The van der Waals surface area contributed by atoms with Gasteiger partial charge < -0.3 is 0 Å². The van der Waals surface area contributed by atoms with Crippen LogP contribution < -0.4 is 0 Å². The molecule has 4 saturated carbocycles. The van der Waals surface area contributed by atoms with E-state index >= 15 is 0 Å². The van der Waals surface area contributed by atoms with Crippen molar-refractivity contribution in [1.82, 2.24) is 0 Å². The van der Waals surface area contributed by atoms with Gasteiger partial charge in [0.1, 0.15) is 5.78 Å². The molecule has 6 rings (SSSR count). The van der Waals surface area contributed by atoms with Gasteiger partial charge in [-0.05, 0) is 48.9 Å². The Labute approximate surface area is 94.7 Å². The number of hydrogen-bond donors (Lipinski definition) is 0. The van der Waals surface area contributed by atoms with Crippen LogP contribution in [0.4, 0.5) is 0 Å². The Morgan fingerprint density at radius 3 is 2.25 bits per heavy atom. The normalized spacial score (nSPS) is 64.4. The van der Waals surface area contributed by atoms with Crippen molar-refractivity contribution in [2.24, 2.45) is 45.7 Å². The summed E-state index contributed by atoms with van der Waals surface area (Å²) < 4.78 is 0. The molecule has 2 bridgehead atoms. The van der Waals surface area contributed by atoms with Crippen molar-refractivity contribution >= 4 is 5.78 Å². The smallest absolute Gasteiger partial charge is 0.136 e. The van der Waals surface area contributed by atoms with Crippen molar-refractivity contribution in [3.8, 4) is 0 Å². The fourth-order valence-corrected chi connectivity index (χ4v) is 5.80. The summed E-state index contributed by atoms with van der Waals surface area (Å²) in [6.07, 6.45) is 4.56. The second kappa shape index (κ2) is 2.41. The lowest BCUT2D eigenvalue weighted by Gasteiger charge is -2.70. The number of hydrogen-bond acceptors (Lipinski definition) is 3. The highest BCUT2D eigenvalue weighted by molar-refractivity contribution is 5.85. The molecule has 0 saturated heterocycles. The Bertz CT molecular complexity index is 418. The van der Waals surface area contributed by atoms with Crippen LogP contribution in [0.15, 0.2) is 10.2 Å². The van der Waals surface area contributed by atoms with Crippen molar-refractivity contribution in [2.75, 3.05) is 0 Å². The van der Waals surface area contributed by atoms with Crippen LogP contribution in [0, 0.1) is 35.5 Å². The van der Waals surface area contributed by atoms with Crippen molar-refractivity contribution in [3.63, 3.8) is 0 Å². The quantitative estimate of drug-likeness (QED) is 0.611. The maximum absolute atomic E-state index is 11.9. The monoisotopic (exact) mass is 216 g/mol. The van der Waals surface area contributed by atoms with E-state index in [9.17, 15) is 4.79 Å². The predicted molar refractivity (Wildman–Crippen MR) is 56.8 cm³/mol. The average Bonchev–Trinajstić information content (AvgIpc) is 2.58. The van der Waals surface area contributed by atoms with Gasteiger partial charge in [-0.1, -0.05) is 0 Å². The topological polar surface area (TPSA) is 41.8 Å². The number of azo groups is 1.